The average molecular weight is 340 g/mol. The lowest BCUT2D eigenvalue weighted by Gasteiger charge is -2.10. The van der Waals surface area contributed by atoms with Gasteiger partial charge in [-0.2, -0.15) is 0 Å². The molecule has 0 spiro atoms. The molecule has 0 aromatic heterocycles. The van der Waals surface area contributed by atoms with Crippen molar-refractivity contribution >= 4 is 21.6 Å². The number of anilines is 1. The fourth-order valence-electron chi connectivity index (χ4n) is 1.58. The van der Waals surface area contributed by atoms with Crippen molar-refractivity contribution in [2.45, 2.75) is 13.3 Å². The number of halogens is 2. The topological polar surface area (TPSA) is 44.5 Å². The van der Waals surface area contributed by atoms with Gasteiger partial charge in [-0.25, -0.2) is 4.39 Å². The number of nitrogen functional groups attached to an aromatic ring is 1. The molecule has 20 heavy (non-hydrogen) atoms. The summed E-state index contributed by atoms with van der Waals surface area (Å²) in [7, 11) is 0. The van der Waals surface area contributed by atoms with Gasteiger partial charge in [0.2, 0.25) is 0 Å². The first-order valence-corrected chi connectivity index (χ1v) is 7.04. The molecule has 0 aliphatic rings. The summed E-state index contributed by atoms with van der Waals surface area (Å²) in [6, 6.07) is 9.92. The summed E-state index contributed by atoms with van der Waals surface area (Å²) in [5.41, 5.74) is 5.97. The number of rotatable bonds is 5. The SMILES string of the molecule is CCCOc1ccc(Oc2cc(Br)c(F)cc2N)cc1. The van der Waals surface area contributed by atoms with Crippen molar-refractivity contribution in [3.05, 3.63) is 46.7 Å². The van der Waals surface area contributed by atoms with E-state index in [1.165, 1.54) is 12.1 Å². The van der Waals surface area contributed by atoms with Crippen LogP contribution in [-0.4, -0.2) is 6.61 Å². The van der Waals surface area contributed by atoms with Crippen LogP contribution in [0.5, 0.6) is 17.2 Å². The van der Waals surface area contributed by atoms with Crippen LogP contribution in [0.3, 0.4) is 0 Å². The van der Waals surface area contributed by atoms with Crippen LogP contribution in [0.4, 0.5) is 10.1 Å². The van der Waals surface area contributed by atoms with Crippen LogP contribution in [0.15, 0.2) is 40.9 Å². The van der Waals surface area contributed by atoms with Crippen LogP contribution >= 0.6 is 15.9 Å². The molecule has 2 rings (SSSR count). The van der Waals surface area contributed by atoms with E-state index in [9.17, 15) is 4.39 Å². The van der Waals surface area contributed by atoms with Gasteiger partial charge in [-0.3, -0.25) is 0 Å². The molecule has 0 unspecified atom stereocenters. The molecule has 5 heteroatoms. The molecule has 2 aromatic rings. The number of ether oxygens (including phenoxy) is 2. The third-order valence-electron chi connectivity index (χ3n) is 2.58. The van der Waals surface area contributed by atoms with Gasteiger partial charge in [-0.15, -0.1) is 0 Å². The summed E-state index contributed by atoms with van der Waals surface area (Å²) in [6.07, 6.45) is 0.957. The van der Waals surface area contributed by atoms with Crippen LogP contribution < -0.4 is 15.2 Å². The molecule has 3 nitrogen and oxygen atoms in total. The minimum atomic E-state index is -0.418. The average Bonchev–Trinajstić information content (AvgIpc) is 2.44. The Labute approximate surface area is 125 Å². The van der Waals surface area contributed by atoms with Gasteiger partial charge in [0.15, 0.2) is 5.75 Å². The lowest BCUT2D eigenvalue weighted by atomic mass is 10.3. The van der Waals surface area contributed by atoms with E-state index in [1.54, 1.807) is 12.1 Å². The molecular formula is C15H15BrFNO2. The van der Waals surface area contributed by atoms with Crippen molar-refractivity contribution in [1.29, 1.82) is 0 Å². The number of nitrogens with two attached hydrogens (primary N) is 1. The number of benzene rings is 2. The second-order valence-corrected chi connectivity index (χ2v) is 5.08. The molecule has 2 aromatic carbocycles. The minimum Gasteiger partial charge on any atom is -0.494 e. The predicted octanol–water partition coefficient (Wildman–Crippen LogP) is 4.75. The molecule has 0 amide bonds. The fraction of sp³-hybridized carbons (Fsp3) is 0.200. The lowest BCUT2D eigenvalue weighted by Crippen LogP contribution is -1.96. The molecule has 0 heterocycles. The van der Waals surface area contributed by atoms with E-state index in [0.717, 1.165) is 12.2 Å². The molecular weight excluding hydrogens is 325 g/mol. The van der Waals surface area contributed by atoms with Crippen LogP contribution in [0.1, 0.15) is 13.3 Å². The smallest absolute Gasteiger partial charge is 0.151 e. The first-order chi connectivity index (χ1) is 9.60. The molecule has 0 fully saturated rings. The Kier molecular flexibility index (Phi) is 4.84. The number of hydrogen-bond acceptors (Lipinski definition) is 3. The fourth-order valence-corrected chi connectivity index (χ4v) is 1.91. The van der Waals surface area contributed by atoms with Crippen molar-refractivity contribution < 1.29 is 13.9 Å². The van der Waals surface area contributed by atoms with Crippen molar-refractivity contribution in [3.63, 3.8) is 0 Å². The molecule has 0 radical (unpaired) electrons. The highest BCUT2D eigenvalue weighted by molar-refractivity contribution is 9.10. The Hall–Kier alpha value is -1.75. The van der Waals surface area contributed by atoms with E-state index in [1.807, 2.05) is 19.1 Å². The Morgan fingerprint density at radius 3 is 2.45 bits per heavy atom. The van der Waals surface area contributed by atoms with Crippen LogP contribution in [0.25, 0.3) is 0 Å². The maximum absolute atomic E-state index is 13.3. The van der Waals surface area contributed by atoms with Crippen molar-refractivity contribution in [2.75, 3.05) is 12.3 Å². The van der Waals surface area contributed by atoms with Gasteiger partial charge in [0.25, 0.3) is 0 Å². The van der Waals surface area contributed by atoms with Gasteiger partial charge in [0.1, 0.15) is 17.3 Å². The van der Waals surface area contributed by atoms with Gasteiger partial charge >= 0.3 is 0 Å². The molecule has 0 bridgehead atoms. The Bertz CT molecular complexity index is 587. The summed E-state index contributed by atoms with van der Waals surface area (Å²) in [6.45, 7) is 2.73. The summed E-state index contributed by atoms with van der Waals surface area (Å²) < 4.78 is 24.7. The van der Waals surface area contributed by atoms with E-state index < -0.39 is 5.82 Å². The van der Waals surface area contributed by atoms with E-state index in [4.69, 9.17) is 15.2 Å². The van der Waals surface area contributed by atoms with Crippen molar-refractivity contribution in [3.8, 4) is 17.2 Å². The zero-order chi connectivity index (χ0) is 14.5. The van der Waals surface area contributed by atoms with Gasteiger partial charge in [-0.1, -0.05) is 6.92 Å². The van der Waals surface area contributed by atoms with Crippen LogP contribution in [0, 0.1) is 5.82 Å². The third-order valence-corrected chi connectivity index (χ3v) is 3.18. The van der Waals surface area contributed by atoms with E-state index in [0.29, 0.717) is 22.6 Å². The van der Waals surface area contributed by atoms with E-state index in [-0.39, 0.29) is 5.69 Å². The highest BCUT2D eigenvalue weighted by Crippen LogP contribution is 2.32. The second-order valence-electron chi connectivity index (χ2n) is 4.23. The van der Waals surface area contributed by atoms with E-state index >= 15 is 0 Å². The van der Waals surface area contributed by atoms with Gasteiger partial charge in [0, 0.05) is 12.1 Å². The van der Waals surface area contributed by atoms with E-state index in [2.05, 4.69) is 15.9 Å². The van der Waals surface area contributed by atoms with Crippen molar-refractivity contribution in [2.24, 2.45) is 0 Å². The maximum Gasteiger partial charge on any atom is 0.151 e. The quantitative estimate of drug-likeness (QED) is 0.799. The van der Waals surface area contributed by atoms with Crippen LogP contribution in [0.2, 0.25) is 0 Å². The van der Waals surface area contributed by atoms with Gasteiger partial charge < -0.3 is 15.2 Å². The van der Waals surface area contributed by atoms with Gasteiger partial charge in [-0.05, 0) is 46.6 Å². The third kappa shape index (κ3) is 3.63. The van der Waals surface area contributed by atoms with Gasteiger partial charge in [0.05, 0.1) is 16.8 Å². The maximum atomic E-state index is 13.3. The monoisotopic (exact) mass is 339 g/mol. The predicted molar refractivity (Wildman–Crippen MR) is 80.8 cm³/mol. The Morgan fingerprint density at radius 2 is 1.80 bits per heavy atom. The van der Waals surface area contributed by atoms with Crippen molar-refractivity contribution in [1.82, 2.24) is 0 Å². The number of hydrogen-bond donors (Lipinski definition) is 1. The molecule has 0 saturated heterocycles. The first kappa shape index (κ1) is 14.7. The molecule has 106 valence electrons. The largest absolute Gasteiger partial charge is 0.494 e. The lowest BCUT2D eigenvalue weighted by molar-refractivity contribution is 0.317. The minimum absolute atomic E-state index is 0.247. The zero-order valence-electron chi connectivity index (χ0n) is 11.0. The summed E-state index contributed by atoms with van der Waals surface area (Å²) in [5, 5.41) is 0. The van der Waals surface area contributed by atoms with Crippen LogP contribution in [-0.2, 0) is 0 Å². The molecule has 2 N–H and O–H groups in total. The Balaban J connectivity index is 2.12. The molecule has 0 saturated carbocycles. The normalized spacial score (nSPS) is 10.3. The summed E-state index contributed by atoms with van der Waals surface area (Å²) in [4.78, 5) is 0. The molecule has 0 aliphatic heterocycles. The summed E-state index contributed by atoms with van der Waals surface area (Å²) >= 11 is 3.10. The zero-order valence-corrected chi connectivity index (χ0v) is 12.6. The first-order valence-electron chi connectivity index (χ1n) is 6.25. The summed E-state index contributed by atoms with van der Waals surface area (Å²) in [5.74, 6) is 1.38. The standard InChI is InChI=1S/C15H15BrFNO2/c1-2-7-19-10-3-5-11(6-4-10)20-15-8-12(16)13(17)9-14(15)18/h3-6,8-9H,2,7,18H2,1H3. The molecule has 0 aliphatic carbocycles. The second kappa shape index (κ2) is 6.61. The highest BCUT2D eigenvalue weighted by Gasteiger charge is 2.08. The molecule has 0 atom stereocenters. The highest BCUT2D eigenvalue weighted by atomic mass is 79.9. The Morgan fingerprint density at radius 1 is 1.15 bits per heavy atom.